The van der Waals surface area contributed by atoms with Crippen molar-refractivity contribution in [3.63, 3.8) is 0 Å². The van der Waals surface area contributed by atoms with Crippen LogP contribution in [0.4, 0.5) is 0 Å². The van der Waals surface area contributed by atoms with Crippen molar-refractivity contribution in [3.05, 3.63) is 134 Å². The van der Waals surface area contributed by atoms with Crippen LogP contribution in [0, 0.1) is 0 Å². The minimum atomic E-state index is -4.41. The molecule has 10 heteroatoms. The van der Waals surface area contributed by atoms with Gasteiger partial charge < -0.3 is 20.1 Å². The molecule has 9 nitrogen and oxygen atoms in total. The Labute approximate surface area is 459 Å². The summed E-state index contributed by atoms with van der Waals surface area (Å²) < 4.78 is 33.0. The topological polar surface area (TPSA) is 134 Å². The second-order valence-electron chi connectivity index (χ2n) is 19.1. The molecule has 2 unspecified atom stereocenters. The Kier molecular flexibility index (Phi) is 56.3. The van der Waals surface area contributed by atoms with E-state index < -0.39 is 32.5 Å². The molecule has 0 aliphatic heterocycles. The molecule has 2 atom stereocenters. The normalized spacial score (nSPS) is 14.0. The summed E-state index contributed by atoms with van der Waals surface area (Å²) in [5, 5.41) is 0. The standard InChI is InChI=1S/C65H108NO8P/c1-3-5-7-9-11-13-15-17-19-21-23-25-27-28-29-30-31-32-33-34-36-37-39-41-43-45-47-49-51-53-55-57-64(67)71-61-63(62-73-75(69,70)72-60-59-66)74-65(68)58-56-54-52-50-48-46-44-42-40-38-35-26-24-22-20-18-16-14-12-10-8-6-4-2/h5-8,11-14,17-20,23-26,28-29,38,40,44,46,63H,3-4,9-10,15-16,21-22,27,30-37,39,41-43,45,47-62,66H2,1-2H3,(H,69,70)/b7-5-,8-6-,13-11-,14-12-,19-17-,20-18-,25-23-,26-24-,29-28-,40-38-,46-44-. The van der Waals surface area contributed by atoms with Gasteiger partial charge in [0, 0.05) is 19.4 Å². The van der Waals surface area contributed by atoms with Crippen LogP contribution in [0.15, 0.2) is 134 Å². The van der Waals surface area contributed by atoms with Gasteiger partial charge in [0.15, 0.2) is 6.10 Å². The molecule has 0 fully saturated rings. The molecule has 0 aliphatic carbocycles. The fraction of sp³-hybridized carbons (Fsp3) is 0.631. The molecule has 0 aromatic heterocycles. The summed E-state index contributed by atoms with van der Waals surface area (Å²) in [7, 11) is -4.41. The molecule has 75 heavy (non-hydrogen) atoms. The largest absolute Gasteiger partial charge is 0.472 e. The second-order valence-corrected chi connectivity index (χ2v) is 20.6. The number of carbonyl (C=O) groups is 2. The van der Waals surface area contributed by atoms with Crippen molar-refractivity contribution in [2.45, 2.75) is 238 Å². The van der Waals surface area contributed by atoms with E-state index in [1.165, 1.54) is 83.5 Å². The third-order valence-electron chi connectivity index (χ3n) is 12.0. The zero-order valence-electron chi connectivity index (χ0n) is 47.5. The maximum Gasteiger partial charge on any atom is 0.472 e. The summed E-state index contributed by atoms with van der Waals surface area (Å²) in [5.74, 6) is -0.863. The smallest absolute Gasteiger partial charge is 0.462 e. The van der Waals surface area contributed by atoms with Gasteiger partial charge in [-0.05, 0) is 109 Å². The minimum Gasteiger partial charge on any atom is -0.462 e. The summed E-state index contributed by atoms with van der Waals surface area (Å²) >= 11 is 0. The number of carbonyl (C=O) groups excluding carboxylic acids is 2. The summed E-state index contributed by atoms with van der Waals surface area (Å²) in [6.45, 7) is 3.48. The van der Waals surface area contributed by atoms with Crippen molar-refractivity contribution in [1.82, 2.24) is 0 Å². The van der Waals surface area contributed by atoms with Gasteiger partial charge in [-0.15, -0.1) is 0 Å². The van der Waals surface area contributed by atoms with Crippen LogP contribution in [0.1, 0.15) is 232 Å². The SMILES string of the molecule is CC/C=C\C/C=C\C/C=C\C/C=C\C/C=C\C/C=C\CCCCCCC(=O)OC(COC(=O)CCCCCCCCCCCCCCCCC/C=C\C/C=C\C/C=C\C/C=C\C/C=C\CC)COP(=O)(O)OCCN. The highest BCUT2D eigenvalue weighted by Gasteiger charge is 2.26. The van der Waals surface area contributed by atoms with E-state index in [0.717, 1.165) is 116 Å². The molecule has 0 amide bonds. The number of esters is 2. The van der Waals surface area contributed by atoms with Gasteiger partial charge in [0.1, 0.15) is 6.61 Å². The molecule has 0 aliphatic rings. The van der Waals surface area contributed by atoms with Crippen molar-refractivity contribution >= 4 is 19.8 Å². The number of nitrogens with two attached hydrogens (primary N) is 1. The number of hydrogen-bond donors (Lipinski definition) is 2. The van der Waals surface area contributed by atoms with Gasteiger partial charge >= 0.3 is 19.8 Å². The quantitative estimate of drug-likeness (QED) is 0.0264. The van der Waals surface area contributed by atoms with Crippen LogP contribution in [0.25, 0.3) is 0 Å². The molecule has 0 saturated carbocycles. The lowest BCUT2D eigenvalue weighted by Gasteiger charge is -2.19. The van der Waals surface area contributed by atoms with E-state index in [9.17, 15) is 19.0 Å². The highest BCUT2D eigenvalue weighted by molar-refractivity contribution is 7.47. The van der Waals surface area contributed by atoms with Crippen LogP contribution in [-0.4, -0.2) is 49.3 Å². The summed E-state index contributed by atoms with van der Waals surface area (Å²) in [4.78, 5) is 35.2. The highest BCUT2D eigenvalue weighted by Crippen LogP contribution is 2.43. The molecule has 0 radical (unpaired) electrons. The molecule has 0 spiro atoms. The zero-order valence-corrected chi connectivity index (χ0v) is 48.4. The Morgan fingerprint density at radius 2 is 0.693 bits per heavy atom. The van der Waals surface area contributed by atoms with E-state index >= 15 is 0 Å². The first-order valence-corrected chi connectivity index (χ1v) is 31.2. The first-order chi connectivity index (χ1) is 36.8. The van der Waals surface area contributed by atoms with Crippen molar-refractivity contribution < 1.29 is 37.6 Å². The molecule has 426 valence electrons. The summed E-state index contributed by atoms with van der Waals surface area (Å²) in [6, 6.07) is 0. The average Bonchev–Trinajstić information content (AvgIpc) is 3.40. The monoisotopic (exact) mass is 1060 g/mol. The van der Waals surface area contributed by atoms with E-state index in [1.807, 2.05) is 0 Å². The Hall–Kier alpha value is -3.85. The average molecular weight is 1060 g/mol. The van der Waals surface area contributed by atoms with Crippen molar-refractivity contribution in [3.8, 4) is 0 Å². The van der Waals surface area contributed by atoms with Crippen LogP contribution in [0.5, 0.6) is 0 Å². The van der Waals surface area contributed by atoms with Crippen LogP contribution in [-0.2, 0) is 32.7 Å². The maximum atomic E-state index is 12.7. The first kappa shape index (κ1) is 71.2. The number of hydrogen-bond acceptors (Lipinski definition) is 8. The summed E-state index contributed by atoms with van der Waals surface area (Å²) in [5.41, 5.74) is 5.38. The number of phosphoric ester groups is 1. The predicted molar refractivity (Wildman–Crippen MR) is 320 cm³/mol. The van der Waals surface area contributed by atoms with E-state index in [1.54, 1.807) is 0 Å². The van der Waals surface area contributed by atoms with Crippen LogP contribution in [0.3, 0.4) is 0 Å². The Morgan fingerprint density at radius 1 is 0.400 bits per heavy atom. The van der Waals surface area contributed by atoms with Crippen LogP contribution in [0.2, 0.25) is 0 Å². The van der Waals surface area contributed by atoms with Gasteiger partial charge in [-0.3, -0.25) is 18.6 Å². The third kappa shape index (κ3) is 59.3. The lowest BCUT2D eigenvalue weighted by Crippen LogP contribution is -2.29. The molecule has 0 aromatic rings. The molecule has 3 N–H and O–H groups in total. The maximum absolute atomic E-state index is 12.7. The van der Waals surface area contributed by atoms with Gasteiger partial charge in [-0.1, -0.05) is 244 Å². The number of phosphoric acid groups is 1. The number of allylic oxidation sites excluding steroid dienone is 22. The van der Waals surface area contributed by atoms with Gasteiger partial charge in [0.2, 0.25) is 0 Å². The first-order valence-electron chi connectivity index (χ1n) is 29.7. The van der Waals surface area contributed by atoms with Gasteiger partial charge in [0.05, 0.1) is 13.2 Å². The van der Waals surface area contributed by atoms with Gasteiger partial charge in [-0.2, -0.15) is 0 Å². The molecule has 0 aromatic carbocycles. The zero-order chi connectivity index (χ0) is 54.5. The van der Waals surface area contributed by atoms with E-state index in [4.69, 9.17) is 24.3 Å². The Morgan fingerprint density at radius 3 is 1.03 bits per heavy atom. The number of unbranched alkanes of at least 4 members (excludes halogenated alkanes) is 19. The Bertz CT molecular complexity index is 1680. The van der Waals surface area contributed by atoms with Crippen molar-refractivity contribution in [2.24, 2.45) is 5.73 Å². The van der Waals surface area contributed by atoms with Crippen LogP contribution >= 0.6 is 7.82 Å². The molecule has 0 heterocycles. The van der Waals surface area contributed by atoms with E-state index in [0.29, 0.717) is 6.42 Å². The fourth-order valence-corrected chi connectivity index (χ4v) is 8.49. The lowest BCUT2D eigenvalue weighted by molar-refractivity contribution is -0.161. The molecule has 0 rings (SSSR count). The van der Waals surface area contributed by atoms with E-state index in [2.05, 4.69) is 148 Å². The van der Waals surface area contributed by atoms with Crippen LogP contribution < -0.4 is 5.73 Å². The number of ether oxygens (including phenoxy) is 2. The fourth-order valence-electron chi connectivity index (χ4n) is 7.72. The predicted octanol–water partition coefficient (Wildman–Crippen LogP) is 19.0. The summed E-state index contributed by atoms with van der Waals surface area (Å²) in [6.07, 6.45) is 83.6. The second kappa shape index (κ2) is 59.4. The molecule has 0 saturated heterocycles. The molecular weight excluding hydrogens is 954 g/mol. The van der Waals surface area contributed by atoms with Gasteiger partial charge in [0.25, 0.3) is 0 Å². The number of rotatable bonds is 54. The minimum absolute atomic E-state index is 0.0423. The Balaban J connectivity index is 4.01. The highest BCUT2D eigenvalue weighted by atomic mass is 31.2. The lowest BCUT2D eigenvalue weighted by atomic mass is 10.0. The molecular formula is C65H108NO8P. The third-order valence-corrected chi connectivity index (χ3v) is 13.0. The van der Waals surface area contributed by atoms with E-state index in [-0.39, 0.29) is 32.6 Å². The van der Waals surface area contributed by atoms with Crippen molar-refractivity contribution in [2.75, 3.05) is 26.4 Å². The van der Waals surface area contributed by atoms with Gasteiger partial charge in [-0.25, -0.2) is 4.57 Å². The van der Waals surface area contributed by atoms with Crippen molar-refractivity contribution in [1.29, 1.82) is 0 Å². The molecule has 0 bridgehead atoms.